The van der Waals surface area contributed by atoms with Gasteiger partial charge in [0.1, 0.15) is 25.5 Å². The molecule has 1 aromatic rings. The smallest absolute Gasteiger partial charge is 0.311 e. The fourth-order valence-electron chi connectivity index (χ4n) is 4.21. The summed E-state index contributed by atoms with van der Waals surface area (Å²) >= 11 is 0. The first-order valence-electron chi connectivity index (χ1n) is 16.4. The van der Waals surface area contributed by atoms with E-state index in [1.54, 1.807) is 0 Å². The lowest BCUT2D eigenvalue weighted by Gasteiger charge is -2.28. The minimum Gasteiger partial charge on any atom is -0.756 e. The number of carbonyl (C=O) groups is 3. The predicted octanol–water partition coefficient (Wildman–Crippen LogP) is 5.64. The molecule has 0 saturated heterocycles. The molecule has 0 spiro atoms. The Balaban J connectivity index is 2.53. The zero-order valence-electron chi connectivity index (χ0n) is 28.4. The molecule has 0 aliphatic rings. The Bertz CT molecular complexity index is 1120. The van der Waals surface area contributed by atoms with Gasteiger partial charge in [0, 0.05) is 18.6 Å². The number of likely N-dealkylation sites (N-methyl/N-ethyl adjacent to an activating group) is 1. The van der Waals surface area contributed by atoms with Crippen molar-refractivity contribution in [2.45, 2.75) is 103 Å². The highest BCUT2D eigenvalue weighted by Gasteiger charge is 2.22. The number of quaternary nitrogens is 1. The summed E-state index contributed by atoms with van der Waals surface area (Å²) in [4.78, 5) is 59.4. The minimum atomic E-state index is -4.75. The molecule has 0 fully saturated rings. The molecule has 0 bridgehead atoms. The van der Waals surface area contributed by atoms with E-state index in [4.69, 9.17) is 23.3 Å². The van der Waals surface area contributed by atoms with Crippen LogP contribution in [0.4, 0.5) is 5.69 Å². The molecule has 0 aromatic heterocycles. The van der Waals surface area contributed by atoms with Crippen molar-refractivity contribution in [1.29, 1.82) is 0 Å². The van der Waals surface area contributed by atoms with Gasteiger partial charge in [-0.25, -0.2) is 0 Å². The third-order valence-corrected chi connectivity index (χ3v) is 7.92. The van der Waals surface area contributed by atoms with E-state index in [1.807, 2.05) is 21.1 Å². The highest BCUT2D eigenvalue weighted by atomic mass is 31.2. The molecule has 2 atom stereocenters. The molecule has 1 aromatic carbocycles. The molecular weight excluding hydrogens is 635 g/mol. The molecule has 0 aliphatic heterocycles. The summed E-state index contributed by atoms with van der Waals surface area (Å²) in [5.41, 5.74) is -0.178. The number of carbonyl (C=O) groups excluding carboxylic acids is 3. The van der Waals surface area contributed by atoms with Gasteiger partial charge in [0.15, 0.2) is 6.10 Å². The number of unbranched alkanes of at least 4 members (excludes halogenated alkanes) is 10. The lowest BCUT2D eigenvalue weighted by atomic mass is 10.1. The third-order valence-electron chi connectivity index (χ3n) is 6.96. The van der Waals surface area contributed by atoms with E-state index < -0.39 is 62.8 Å². The minimum absolute atomic E-state index is 0.0569. The molecule has 0 amide bonds. The van der Waals surface area contributed by atoms with Crippen molar-refractivity contribution in [3.63, 3.8) is 0 Å². The van der Waals surface area contributed by atoms with Gasteiger partial charge in [0.2, 0.25) is 0 Å². The van der Waals surface area contributed by atoms with Crippen LogP contribution in [0.1, 0.15) is 96.8 Å². The van der Waals surface area contributed by atoms with Gasteiger partial charge >= 0.3 is 17.9 Å². The number of nitro benzene ring substituents is 1. The molecular formula is C32H53N2O12P. The van der Waals surface area contributed by atoms with Crippen LogP contribution in [0.15, 0.2) is 24.3 Å². The summed E-state index contributed by atoms with van der Waals surface area (Å²) in [5, 5.41) is 10.8. The van der Waals surface area contributed by atoms with Crippen molar-refractivity contribution in [1.82, 2.24) is 0 Å². The molecule has 15 heteroatoms. The van der Waals surface area contributed by atoms with Gasteiger partial charge in [-0.05, 0) is 18.6 Å². The van der Waals surface area contributed by atoms with Crippen LogP contribution in [0.2, 0.25) is 0 Å². The second-order valence-corrected chi connectivity index (χ2v) is 13.8. The van der Waals surface area contributed by atoms with Crippen LogP contribution >= 0.6 is 7.82 Å². The number of nitro groups is 1. The SMILES string of the molecule is CCCCCCCCCCCCCC(=O)OC[C@H](COP(=O)([O-])OCC[N+](C)(C)C)OC(=O)CCC(=O)Oc1ccc([N+](=O)[O-])cc1. The zero-order valence-corrected chi connectivity index (χ0v) is 29.2. The van der Waals surface area contributed by atoms with Gasteiger partial charge in [0.25, 0.3) is 13.5 Å². The summed E-state index contributed by atoms with van der Waals surface area (Å²) in [7, 11) is 0.837. The highest BCUT2D eigenvalue weighted by Crippen LogP contribution is 2.38. The number of ether oxygens (including phenoxy) is 3. The van der Waals surface area contributed by atoms with Gasteiger partial charge in [-0.15, -0.1) is 0 Å². The number of nitrogens with zero attached hydrogens (tertiary/aromatic N) is 2. The van der Waals surface area contributed by atoms with E-state index in [2.05, 4.69) is 6.92 Å². The van der Waals surface area contributed by atoms with E-state index in [0.717, 1.165) is 19.3 Å². The average Bonchev–Trinajstić information content (AvgIpc) is 2.99. The van der Waals surface area contributed by atoms with Crippen LogP contribution in [0.3, 0.4) is 0 Å². The second-order valence-electron chi connectivity index (χ2n) is 12.4. The monoisotopic (exact) mass is 688 g/mol. The molecule has 0 radical (unpaired) electrons. The predicted molar refractivity (Wildman–Crippen MR) is 172 cm³/mol. The lowest BCUT2D eigenvalue weighted by Crippen LogP contribution is -2.37. The summed E-state index contributed by atoms with van der Waals surface area (Å²) in [6.45, 7) is 1.36. The third kappa shape index (κ3) is 23.1. The van der Waals surface area contributed by atoms with Crippen LogP contribution in [-0.2, 0) is 37.5 Å². The van der Waals surface area contributed by atoms with Crippen LogP contribution < -0.4 is 9.63 Å². The first-order chi connectivity index (χ1) is 22.2. The molecule has 0 aliphatic carbocycles. The van der Waals surface area contributed by atoms with E-state index in [1.165, 1.54) is 69.2 Å². The van der Waals surface area contributed by atoms with Crippen molar-refractivity contribution in [3.05, 3.63) is 34.4 Å². The van der Waals surface area contributed by atoms with Crippen molar-refractivity contribution in [3.8, 4) is 5.75 Å². The van der Waals surface area contributed by atoms with Crippen LogP contribution in [0.25, 0.3) is 0 Å². The Morgan fingerprint density at radius 3 is 1.89 bits per heavy atom. The molecule has 1 rings (SSSR count). The molecule has 0 heterocycles. The Morgan fingerprint density at radius 2 is 1.34 bits per heavy atom. The summed E-state index contributed by atoms with van der Waals surface area (Å²) in [5.74, 6) is -2.14. The summed E-state index contributed by atoms with van der Waals surface area (Å²) < 4.78 is 38.1. The lowest BCUT2D eigenvalue weighted by molar-refractivity contribution is -0.870. The quantitative estimate of drug-likeness (QED) is 0.0211. The normalized spacial score (nSPS) is 13.4. The molecule has 0 saturated carbocycles. The number of phosphoric acid groups is 1. The van der Waals surface area contributed by atoms with Crippen LogP contribution in [-0.4, -0.2) is 80.9 Å². The number of non-ortho nitro benzene ring substituents is 1. The standard InChI is InChI=1S/C32H53N2O12P/c1-5-6-7-8-9-10-11-12-13-14-15-16-30(35)42-25-29(26-44-47(40,41)43-24-23-34(2,3)4)46-32(37)22-21-31(36)45-28-19-17-27(18-20-28)33(38)39/h17-20,29H,5-16,21-26H2,1-4H3/t29-/m1/s1. The van der Waals surface area contributed by atoms with Crippen molar-refractivity contribution >= 4 is 31.4 Å². The first-order valence-corrected chi connectivity index (χ1v) is 17.9. The molecule has 268 valence electrons. The van der Waals surface area contributed by atoms with Crippen molar-refractivity contribution in [2.75, 3.05) is 47.5 Å². The Hall–Kier alpha value is -2.90. The zero-order chi connectivity index (χ0) is 35.1. The fourth-order valence-corrected chi connectivity index (χ4v) is 4.94. The van der Waals surface area contributed by atoms with Gasteiger partial charge in [-0.2, -0.15) is 0 Å². The number of rotatable bonds is 27. The Kier molecular flexibility index (Phi) is 21.0. The molecule has 0 N–H and O–H groups in total. The van der Waals surface area contributed by atoms with Gasteiger partial charge in [0.05, 0.1) is 45.5 Å². The van der Waals surface area contributed by atoms with E-state index >= 15 is 0 Å². The van der Waals surface area contributed by atoms with Crippen molar-refractivity contribution in [2.24, 2.45) is 0 Å². The van der Waals surface area contributed by atoms with E-state index in [0.29, 0.717) is 17.4 Å². The maximum Gasteiger partial charge on any atom is 0.311 e. The van der Waals surface area contributed by atoms with Gasteiger partial charge in [-0.1, -0.05) is 71.1 Å². The first kappa shape index (κ1) is 42.1. The van der Waals surface area contributed by atoms with Crippen LogP contribution in [0, 0.1) is 10.1 Å². The van der Waals surface area contributed by atoms with Crippen molar-refractivity contribution < 1.29 is 56.5 Å². The van der Waals surface area contributed by atoms with Gasteiger partial charge in [-0.3, -0.25) is 29.1 Å². The van der Waals surface area contributed by atoms with E-state index in [-0.39, 0.29) is 24.5 Å². The topological polar surface area (TPSA) is 181 Å². The number of hydrogen-bond donors (Lipinski definition) is 0. The molecule has 47 heavy (non-hydrogen) atoms. The molecule has 1 unspecified atom stereocenters. The van der Waals surface area contributed by atoms with Crippen LogP contribution in [0.5, 0.6) is 5.75 Å². The largest absolute Gasteiger partial charge is 0.756 e. The van der Waals surface area contributed by atoms with Gasteiger partial charge < -0.3 is 32.6 Å². The molecule has 14 nitrogen and oxygen atoms in total. The highest BCUT2D eigenvalue weighted by molar-refractivity contribution is 7.45. The number of benzene rings is 1. The average molecular weight is 689 g/mol. The fraction of sp³-hybridized carbons (Fsp3) is 0.719. The second kappa shape index (κ2) is 23.4. The van der Waals surface area contributed by atoms with E-state index in [9.17, 15) is 34.0 Å². The number of hydrogen-bond acceptors (Lipinski definition) is 12. The summed E-state index contributed by atoms with van der Waals surface area (Å²) in [6.07, 6.45) is 10.5. The Morgan fingerprint density at radius 1 is 0.787 bits per heavy atom. The maximum atomic E-state index is 12.5. The maximum absolute atomic E-state index is 12.5. The number of esters is 3. The summed E-state index contributed by atoms with van der Waals surface area (Å²) in [6, 6.07) is 4.83. The Labute approximate surface area is 278 Å². The number of phosphoric ester groups is 1.